The molecule has 0 fully saturated rings. The number of rotatable bonds is 21. The minimum absolute atomic E-state index is 0.0449. The number of nitrogens with zero attached hydrogens (tertiary/aromatic N) is 1. The number of unbranched alkanes of at least 4 members (excludes halogenated alkanes) is 9. The monoisotopic (exact) mass is 383 g/mol. The molecule has 0 spiro atoms. The number of hydrogen-bond acceptors (Lipinski definition) is 4. The van der Waals surface area contributed by atoms with Crippen molar-refractivity contribution in [2.75, 3.05) is 19.8 Å². The highest BCUT2D eigenvalue weighted by atomic mass is 16.7. The van der Waals surface area contributed by atoms with Gasteiger partial charge in [-0.05, 0) is 26.2 Å². The van der Waals surface area contributed by atoms with Crippen molar-refractivity contribution in [2.45, 2.75) is 117 Å². The fourth-order valence-electron chi connectivity index (χ4n) is 3.62. The van der Waals surface area contributed by atoms with Crippen LogP contribution in [0.4, 0.5) is 0 Å². The quantitative estimate of drug-likeness (QED) is 0.0945. The third-order valence-electron chi connectivity index (χ3n) is 5.14. The molecule has 0 aliphatic rings. The third-order valence-corrected chi connectivity index (χ3v) is 5.14. The summed E-state index contributed by atoms with van der Waals surface area (Å²) in [5, 5.41) is 0. The number of hydrogen-bond donors (Lipinski definition) is 0. The summed E-state index contributed by atoms with van der Waals surface area (Å²) in [6.07, 6.45) is 19.3. The van der Waals surface area contributed by atoms with E-state index in [1.165, 1.54) is 70.6 Å². The molecule has 4 nitrogen and oxygen atoms in total. The van der Waals surface area contributed by atoms with Crippen LogP contribution in [-0.4, -0.2) is 32.1 Å². The second kappa shape index (κ2) is 21.6. The molecule has 0 rings (SSSR count). The zero-order valence-corrected chi connectivity index (χ0v) is 18.3. The molecule has 0 saturated carbocycles. The second-order valence-corrected chi connectivity index (χ2v) is 7.53. The summed E-state index contributed by atoms with van der Waals surface area (Å²) in [4.78, 5) is 13.7. The topological polar surface area (TPSA) is 47.9 Å². The van der Waals surface area contributed by atoms with Crippen LogP contribution in [-0.2, 0) is 14.3 Å². The molecule has 0 saturated heterocycles. The van der Waals surface area contributed by atoms with Gasteiger partial charge in [0.05, 0.1) is 6.54 Å². The fraction of sp³-hybridized carbons (Fsp3) is 0.957. The lowest BCUT2D eigenvalue weighted by Crippen LogP contribution is -2.21. The highest BCUT2D eigenvalue weighted by molar-refractivity contribution is 5.32. The van der Waals surface area contributed by atoms with Crippen LogP contribution in [0.1, 0.15) is 111 Å². The number of carbonyl (C=O) groups excluding carboxylic acids is 1. The number of isocyanates is 1. The van der Waals surface area contributed by atoms with Crippen molar-refractivity contribution in [1.29, 1.82) is 0 Å². The van der Waals surface area contributed by atoms with Gasteiger partial charge in [0.15, 0.2) is 6.29 Å². The molecule has 1 atom stereocenters. The molecule has 0 radical (unpaired) electrons. The lowest BCUT2D eigenvalue weighted by molar-refractivity contribution is -0.147. The van der Waals surface area contributed by atoms with E-state index in [0.717, 1.165) is 19.3 Å². The molecule has 0 bridgehead atoms. The van der Waals surface area contributed by atoms with Crippen LogP contribution in [0, 0.1) is 5.92 Å². The van der Waals surface area contributed by atoms with Gasteiger partial charge < -0.3 is 9.47 Å². The van der Waals surface area contributed by atoms with Gasteiger partial charge in [-0.15, -0.1) is 0 Å². The van der Waals surface area contributed by atoms with Crippen molar-refractivity contribution >= 4 is 6.08 Å². The largest absolute Gasteiger partial charge is 0.353 e. The van der Waals surface area contributed by atoms with E-state index in [9.17, 15) is 4.79 Å². The Hall–Kier alpha value is -0.700. The maximum absolute atomic E-state index is 10.1. The Bertz CT molecular complexity index is 337. The number of aliphatic imine (C=N–C) groups is 1. The Balaban J connectivity index is 4.12. The zero-order chi connectivity index (χ0) is 20.0. The third kappa shape index (κ3) is 18.4. The molecular formula is C23H45NO3. The van der Waals surface area contributed by atoms with Crippen molar-refractivity contribution in [3.63, 3.8) is 0 Å². The van der Waals surface area contributed by atoms with Gasteiger partial charge in [-0.2, -0.15) is 0 Å². The summed E-state index contributed by atoms with van der Waals surface area (Å²) in [5.41, 5.74) is 0. The maximum Gasteiger partial charge on any atom is 0.234 e. The normalized spacial score (nSPS) is 12.3. The summed E-state index contributed by atoms with van der Waals surface area (Å²) in [7, 11) is 0. The summed E-state index contributed by atoms with van der Waals surface area (Å²) < 4.78 is 11.6. The van der Waals surface area contributed by atoms with Gasteiger partial charge in [-0.1, -0.05) is 84.0 Å². The average Bonchev–Trinajstić information content (AvgIpc) is 2.66. The molecule has 27 heavy (non-hydrogen) atoms. The van der Waals surface area contributed by atoms with Crippen molar-refractivity contribution in [2.24, 2.45) is 10.9 Å². The van der Waals surface area contributed by atoms with Gasteiger partial charge in [-0.3, -0.25) is 0 Å². The van der Waals surface area contributed by atoms with Crippen LogP contribution in [0.3, 0.4) is 0 Å². The van der Waals surface area contributed by atoms with Crippen molar-refractivity contribution in [1.82, 2.24) is 0 Å². The van der Waals surface area contributed by atoms with Gasteiger partial charge in [0.25, 0.3) is 0 Å². The predicted molar refractivity (Wildman–Crippen MR) is 114 cm³/mol. The van der Waals surface area contributed by atoms with Crippen LogP contribution in [0.2, 0.25) is 0 Å². The maximum atomic E-state index is 10.1. The number of ether oxygens (including phenoxy) is 2. The van der Waals surface area contributed by atoms with Gasteiger partial charge in [0, 0.05) is 19.6 Å². The molecule has 0 N–H and O–H groups in total. The lowest BCUT2D eigenvalue weighted by atomic mass is 9.91. The summed E-state index contributed by atoms with van der Waals surface area (Å²) >= 11 is 0. The van der Waals surface area contributed by atoms with E-state index >= 15 is 0 Å². The second-order valence-electron chi connectivity index (χ2n) is 7.53. The highest BCUT2D eigenvalue weighted by Gasteiger charge is 2.16. The van der Waals surface area contributed by atoms with E-state index in [2.05, 4.69) is 11.9 Å². The Kier molecular flexibility index (Phi) is 21.0. The van der Waals surface area contributed by atoms with Gasteiger partial charge in [0.1, 0.15) is 0 Å². The van der Waals surface area contributed by atoms with Crippen LogP contribution in [0.15, 0.2) is 4.99 Å². The van der Waals surface area contributed by atoms with E-state index in [0.29, 0.717) is 25.7 Å². The SMILES string of the molecule is CCCCCCCCCC(CCCCCCN=C=O)CC(OCC)OCC. The Labute approximate surface area is 168 Å². The van der Waals surface area contributed by atoms with Crippen molar-refractivity contribution < 1.29 is 14.3 Å². The van der Waals surface area contributed by atoms with E-state index in [-0.39, 0.29) is 6.29 Å². The first-order valence-corrected chi connectivity index (χ1v) is 11.5. The first-order chi connectivity index (χ1) is 13.3. The molecular weight excluding hydrogens is 338 g/mol. The van der Waals surface area contributed by atoms with Crippen LogP contribution in [0.25, 0.3) is 0 Å². The molecule has 0 aromatic heterocycles. The van der Waals surface area contributed by atoms with Crippen molar-refractivity contribution in [3.8, 4) is 0 Å². The van der Waals surface area contributed by atoms with Gasteiger partial charge in [0.2, 0.25) is 6.08 Å². The first kappa shape index (κ1) is 26.3. The molecule has 0 amide bonds. The Morgan fingerprint density at radius 3 is 1.78 bits per heavy atom. The highest BCUT2D eigenvalue weighted by Crippen LogP contribution is 2.24. The minimum atomic E-state index is -0.0449. The lowest BCUT2D eigenvalue weighted by Gasteiger charge is -2.23. The van der Waals surface area contributed by atoms with E-state index in [4.69, 9.17) is 9.47 Å². The van der Waals surface area contributed by atoms with Crippen LogP contribution >= 0.6 is 0 Å². The standard InChI is InChI=1S/C23H45NO3/c1-4-7-8-9-10-11-14-17-22(20-23(26-5-2)27-6-3)18-15-12-13-16-19-24-21-25/h22-23H,4-20H2,1-3H3. The average molecular weight is 384 g/mol. The predicted octanol–water partition coefficient (Wildman–Crippen LogP) is 6.82. The Morgan fingerprint density at radius 2 is 1.26 bits per heavy atom. The Morgan fingerprint density at radius 1 is 0.741 bits per heavy atom. The van der Waals surface area contributed by atoms with Crippen LogP contribution < -0.4 is 0 Å². The first-order valence-electron chi connectivity index (χ1n) is 11.5. The fourth-order valence-corrected chi connectivity index (χ4v) is 3.62. The summed E-state index contributed by atoms with van der Waals surface area (Å²) in [5.74, 6) is 0.691. The summed E-state index contributed by atoms with van der Waals surface area (Å²) in [6.45, 7) is 8.41. The van der Waals surface area contributed by atoms with Gasteiger partial charge in [-0.25, -0.2) is 9.79 Å². The molecule has 4 heteroatoms. The zero-order valence-electron chi connectivity index (χ0n) is 18.3. The van der Waals surface area contributed by atoms with E-state index in [1.54, 1.807) is 6.08 Å². The van der Waals surface area contributed by atoms with Gasteiger partial charge >= 0.3 is 0 Å². The van der Waals surface area contributed by atoms with E-state index < -0.39 is 0 Å². The molecule has 0 aromatic carbocycles. The molecule has 0 aromatic rings. The minimum Gasteiger partial charge on any atom is -0.353 e. The molecule has 0 heterocycles. The van der Waals surface area contributed by atoms with E-state index in [1.807, 2.05) is 13.8 Å². The smallest absolute Gasteiger partial charge is 0.234 e. The van der Waals surface area contributed by atoms with Crippen LogP contribution in [0.5, 0.6) is 0 Å². The van der Waals surface area contributed by atoms with Crippen molar-refractivity contribution in [3.05, 3.63) is 0 Å². The molecule has 1 unspecified atom stereocenters. The molecule has 0 aliphatic heterocycles. The molecule has 0 aliphatic carbocycles. The molecule has 160 valence electrons. The summed E-state index contributed by atoms with van der Waals surface area (Å²) in [6, 6.07) is 0.